The maximum atomic E-state index is 12.1. The Morgan fingerprint density at radius 1 is 1.52 bits per heavy atom. The van der Waals surface area contributed by atoms with E-state index >= 15 is 0 Å². The molecule has 1 aromatic rings. The van der Waals surface area contributed by atoms with E-state index in [4.69, 9.17) is 5.11 Å². The van der Waals surface area contributed by atoms with Crippen LogP contribution in [0.2, 0.25) is 0 Å². The van der Waals surface area contributed by atoms with E-state index in [-0.39, 0.29) is 31.1 Å². The molecule has 2 heterocycles. The molecule has 0 radical (unpaired) electrons. The minimum absolute atomic E-state index is 0.0412. The average Bonchev–Trinajstić information content (AvgIpc) is 3.07. The molecule has 128 valence electrons. The lowest BCUT2D eigenvalue weighted by atomic mass is 10.2. The minimum atomic E-state index is -0.930. The van der Waals surface area contributed by atoms with Crippen molar-refractivity contribution in [1.29, 1.82) is 0 Å². The molecule has 7 nitrogen and oxygen atoms in total. The predicted octanol–water partition coefficient (Wildman–Crippen LogP) is -0.0132. The third kappa shape index (κ3) is 5.00. The van der Waals surface area contributed by atoms with Gasteiger partial charge in [0.1, 0.15) is 0 Å². The first-order valence-electron chi connectivity index (χ1n) is 7.52. The molecule has 1 aliphatic rings. The van der Waals surface area contributed by atoms with Crippen LogP contribution in [0.5, 0.6) is 0 Å². The van der Waals surface area contributed by atoms with Crippen LogP contribution in [0.25, 0.3) is 0 Å². The molecule has 1 saturated heterocycles. The average molecular weight is 341 g/mol. The zero-order valence-corrected chi connectivity index (χ0v) is 14.1. The van der Waals surface area contributed by atoms with E-state index in [2.05, 4.69) is 5.32 Å². The van der Waals surface area contributed by atoms with Gasteiger partial charge in [-0.3, -0.25) is 19.4 Å². The normalized spacial score (nSPS) is 23.1. The number of likely N-dealkylation sites (tertiary alicyclic amines) is 1. The highest BCUT2D eigenvalue weighted by Crippen LogP contribution is 2.18. The van der Waals surface area contributed by atoms with Crippen molar-refractivity contribution >= 4 is 23.2 Å². The molecule has 2 rings (SSSR count). The van der Waals surface area contributed by atoms with Crippen LogP contribution >= 0.6 is 11.3 Å². The Morgan fingerprint density at radius 3 is 2.87 bits per heavy atom. The molecular weight excluding hydrogens is 318 g/mol. The molecule has 1 aromatic heterocycles. The third-order valence-electron chi connectivity index (χ3n) is 4.00. The van der Waals surface area contributed by atoms with Gasteiger partial charge in [0.15, 0.2) is 0 Å². The molecule has 3 N–H and O–H groups in total. The molecule has 0 bridgehead atoms. The highest BCUT2D eigenvalue weighted by molar-refractivity contribution is 7.10. The number of thiophene rings is 1. The van der Waals surface area contributed by atoms with Crippen LogP contribution in [0.15, 0.2) is 17.5 Å². The molecule has 0 unspecified atom stereocenters. The summed E-state index contributed by atoms with van der Waals surface area (Å²) in [6.07, 6.45) is -0.651. The Bertz CT molecular complexity index is 537. The Balaban J connectivity index is 1.82. The van der Waals surface area contributed by atoms with Crippen LogP contribution in [0.4, 0.5) is 0 Å². The number of hydrogen-bond donors (Lipinski definition) is 3. The molecule has 1 fully saturated rings. The van der Waals surface area contributed by atoms with Gasteiger partial charge >= 0.3 is 5.97 Å². The van der Waals surface area contributed by atoms with Gasteiger partial charge in [-0.25, -0.2) is 0 Å². The van der Waals surface area contributed by atoms with E-state index in [1.807, 2.05) is 29.3 Å². The van der Waals surface area contributed by atoms with Crippen LogP contribution in [0.1, 0.15) is 17.8 Å². The number of β-amino-alcohol motifs (C(OH)–C–C–N with tert-alkyl or cyclic N) is 1. The fourth-order valence-corrected chi connectivity index (χ4v) is 3.57. The summed E-state index contributed by atoms with van der Waals surface area (Å²) in [5.74, 6) is -1.03. The Hall–Kier alpha value is -1.48. The number of carbonyl (C=O) groups excluding carboxylic acids is 1. The summed E-state index contributed by atoms with van der Waals surface area (Å²) >= 11 is 1.60. The van der Waals surface area contributed by atoms with Crippen LogP contribution < -0.4 is 5.32 Å². The fraction of sp³-hybridized carbons (Fsp3) is 0.600. The van der Waals surface area contributed by atoms with Crippen molar-refractivity contribution in [2.45, 2.75) is 25.1 Å². The first kappa shape index (κ1) is 17.9. The number of aliphatic carboxylic acids is 1. The molecular formula is C15H23N3O4S. The lowest BCUT2D eigenvalue weighted by Crippen LogP contribution is -2.43. The zero-order chi connectivity index (χ0) is 17.0. The molecule has 8 heteroatoms. The van der Waals surface area contributed by atoms with Gasteiger partial charge in [0, 0.05) is 24.0 Å². The van der Waals surface area contributed by atoms with Crippen molar-refractivity contribution < 1.29 is 19.8 Å². The number of carbonyl (C=O) groups is 2. The summed E-state index contributed by atoms with van der Waals surface area (Å²) in [7, 11) is 1.67. The topological polar surface area (TPSA) is 93.1 Å². The smallest absolute Gasteiger partial charge is 0.317 e. The first-order valence-corrected chi connectivity index (χ1v) is 8.40. The molecule has 0 aromatic carbocycles. The summed E-state index contributed by atoms with van der Waals surface area (Å²) in [4.78, 5) is 27.5. The van der Waals surface area contributed by atoms with Crippen molar-refractivity contribution in [3.8, 4) is 0 Å². The number of amides is 1. The van der Waals surface area contributed by atoms with Crippen molar-refractivity contribution in [3.63, 3.8) is 0 Å². The summed E-state index contributed by atoms with van der Waals surface area (Å²) in [6.45, 7) is 2.86. The van der Waals surface area contributed by atoms with Gasteiger partial charge < -0.3 is 15.5 Å². The second-order valence-electron chi connectivity index (χ2n) is 5.94. The molecule has 0 aliphatic carbocycles. The van der Waals surface area contributed by atoms with E-state index in [9.17, 15) is 14.7 Å². The lowest BCUT2D eigenvalue weighted by Gasteiger charge is -2.24. The summed E-state index contributed by atoms with van der Waals surface area (Å²) in [5.41, 5.74) is 0. The van der Waals surface area contributed by atoms with E-state index in [0.717, 1.165) is 4.88 Å². The predicted molar refractivity (Wildman–Crippen MR) is 87.4 cm³/mol. The van der Waals surface area contributed by atoms with Crippen LogP contribution in [0.3, 0.4) is 0 Å². The number of likely N-dealkylation sites (N-methyl/N-ethyl adjacent to an activating group) is 1. The van der Waals surface area contributed by atoms with Gasteiger partial charge in [-0.15, -0.1) is 11.3 Å². The summed E-state index contributed by atoms with van der Waals surface area (Å²) < 4.78 is 0. The van der Waals surface area contributed by atoms with E-state index in [1.165, 1.54) is 0 Å². The molecule has 1 amide bonds. The molecule has 0 saturated carbocycles. The van der Waals surface area contributed by atoms with Gasteiger partial charge in [-0.2, -0.15) is 0 Å². The number of nitrogens with zero attached hydrogens (tertiary/aromatic N) is 2. The number of aliphatic hydroxyl groups excluding tert-OH is 1. The molecule has 1 aliphatic heterocycles. The van der Waals surface area contributed by atoms with Crippen molar-refractivity contribution in [3.05, 3.63) is 22.4 Å². The maximum absolute atomic E-state index is 12.1. The van der Waals surface area contributed by atoms with Crippen molar-refractivity contribution in [2.24, 2.45) is 0 Å². The number of nitrogens with one attached hydrogen (secondary N) is 1. The van der Waals surface area contributed by atoms with Crippen molar-refractivity contribution in [1.82, 2.24) is 15.1 Å². The summed E-state index contributed by atoms with van der Waals surface area (Å²) in [6, 6.07) is 3.61. The number of carboxylic acids is 1. The number of hydrogen-bond acceptors (Lipinski definition) is 6. The van der Waals surface area contributed by atoms with Crippen LogP contribution in [-0.4, -0.2) is 77.3 Å². The zero-order valence-electron chi connectivity index (χ0n) is 13.3. The minimum Gasteiger partial charge on any atom is -0.480 e. The Kier molecular flexibility index (Phi) is 6.11. The fourth-order valence-electron chi connectivity index (χ4n) is 2.84. The van der Waals surface area contributed by atoms with Crippen LogP contribution in [0, 0.1) is 0 Å². The lowest BCUT2D eigenvalue weighted by molar-refractivity contribution is -0.138. The molecule has 23 heavy (non-hydrogen) atoms. The second-order valence-corrected chi connectivity index (χ2v) is 6.92. The molecule has 0 spiro atoms. The van der Waals surface area contributed by atoms with Crippen molar-refractivity contribution in [2.75, 3.05) is 33.2 Å². The number of rotatable bonds is 7. The highest BCUT2D eigenvalue weighted by Gasteiger charge is 2.35. The standard InChI is InChI=1S/C15H23N3O4S/c1-10(13-4-3-5-23-13)16-14(20)8-18-6-11(12(19)7-18)17(2)9-15(21)22/h3-5,10-12,19H,6-9H2,1-2H3,(H,16,20)(H,21,22)/t10-,11+,12-/m1/s1. The van der Waals surface area contributed by atoms with Gasteiger partial charge in [0.05, 0.1) is 25.2 Å². The van der Waals surface area contributed by atoms with Gasteiger partial charge in [-0.05, 0) is 25.4 Å². The monoisotopic (exact) mass is 341 g/mol. The maximum Gasteiger partial charge on any atom is 0.317 e. The van der Waals surface area contributed by atoms with Gasteiger partial charge in [-0.1, -0.05) is 6.07 Å². The van der Waals surface area contributed by atoms with Gasteiger partial charge in [0.2, 0.25) is 5.91 Å². The number of aliphatic hydroxyl groups is 1. The van der Waals surface area contributed by atoms with E-state index in [0.29, 0.717) is 13.1 Å². The second kappa shape index (κ2) is 7.87. The highest BCUT2D eigenvalue weighted by atomic mass is 32.1. The molecule has 3 atom stereocenters. The van der Waals surface area contributed by atoms with E-state index < -0.39 is 12.1 Å². The number of carboxylic acid groups (broad SMARTS) is 1. The van der Waals surface area contributed by atoms with E-state index in [1.54, 1.807) is 23.3 Å². The SMILES string of the molecule is C[C@@H](NC(=O)CN1C[C@@H](O)[C@@H](N(C)CC(=O)O)C1)c1cccs1. The van der Waals surface area contributed by atoms with Gasteiger partial charge in [0.25, 0.3) is 0 Å². The first-order chi connectivity index (χ1) is 10.9. The Morgan fingerprint density at radius 2 is 2.26 bits per heavy atom. The summed E-state index contributed by atoms with van der Waals surface area (Å²) in [5, 5.41) is 23.8. The third-order valence-corrected chi connectivity index (χ3v) is 5.06. The van der Waals surface area contributed by atoms with Crippen LogP contribution in [-0.2, 0) is 9.59 Å². The largest absolute Gasteiger partial charge is 0.480 e. The Labute approximate surface area is 139 Å². The quantitative estimate of drug-likeness (QED) is 0.646.